The molecule has 0 saturated carbocycles. The Labute approximate surface area is 115 Å². The minimum absolute atomic E-state index is 0.0351. The Kier molecular flexibility index (Phi) is 4.26. The minimum Gasteiger partial charge on any atom is -0.463 e. The van der Waals surface area contributed by atoms with Crippen molar-refractivity contribution in [1.82, 2.24) is 14.8 Å². The number of esters is 1. The molecule has 0 spiro atoms. The number of furan rings is 1. The second-order valence-electron chi connectivity index (χ2n) is 3.85. The maximum Gasteiger partial charge on any atom is 0.373 e. The second kappa shape index (κ2) is 5.92. The highest BCUT2D eigenvalue weighted by atomic mass is 32.2. The van der Waals surface area contributed by atoms with Crippen LogP contribution < -0.4 is 0 Å². The Morgan fingerprint density at radius 3 is 3.05 bits per heavy atom. The lowest BCUT2D eigenvalue weighted by molar-refractivity contribution is 0.0563. The van der Waals surface area contributed by atoms with Gasteiger partial charge < -0.3 is 13.7 Å². The maximum atomic E-state index is 11.3. The number of carbonyl (C=O) groups excluding carboxylic acids is 1. The lowest BCUT2D eigenvalue weighted by atomic mass is 10.3. The zero-order valence-corrected chi connectivity index (χ0v) is 11.8. The summed E-state index contributed by atoms with van der Waals surface area (Å²) in [7, 11) is 1.33. The van der Waals surface area contributed by atoms with Gasteiger partial charge in [-0.15, -0.1) is 10.2 Å². The van der Waals surface area contributed by atoms with Gasteiger partial charge in [0.2, 0.25) is 5.76 Å². The Bertz CT molecular complexity index is 564. The van der Waals surface area contributed by atoms with Crippen LogP contribution in [0.15, 0.2) is 28.0 Å². The zero-order valence-electron chi connectivity index (χ0n) is 11.0. The lowest BCUT2D eigenvalue weighted by Gasteiger charge is -2.08. The number of aromatic nitrogens is 3. The van der Waals surface area contributed by atoms with Gasteiger partial charge >= 0.3 is 5.97 Å². The van der Waals surface area contributed by atoms with E-state index in [0.29, 0.717) is 5.76 Å². The van der Waals surface area contributed by atoms with E-state index in [1.807, 2.05) is 18.4 Å². The fourth-order valence-corrected chi connectivity index (χ4v) is 2.52. The van der Waals surface area contributed by atoms with Crippen LogP contribution in [0.25, 0.3) is 0 Å². The summed E-state index contributed by atoms with van der Waals surface area (Å²) in [5, 5.41) is 8.79. The van der Waals surface area contributed by atoms with Gasteiger partial charge in [-0.25, -0.2) is 4.79 Å². The van der Waals surface area contributed by atoms with Gasteiger partial charge in [0, 0.05) is 6.54 Å². The molecule has 2 aromatic rings. The molecule has 2 rings (SSSR count). The molecule has 2 aromatic heterocycles. The first-order chi connectivity index (χ1) is 9.15. The van der Waals surface area contributed by atoms with Gasteiger partial charge in [0.1, 0.15) is 12.1 Å². The minimum atomic E-state index is -0.472. The Balaban J connectivity index is 2.09. The molecule has 0 fully saturated rings. The second-order valence-corrected chi connectivity index (χ2v) is 5.16. The molecule has 0 unspecified atom stereocenters. The number of thioether (sulfide) groups is 1. The summed E-state index contributed by atoms with van der Waals surface area (Å²) in [5.74, 6) is 0.443. The van der Waals surface area contributed by atoms with Crippen LogP contribution in [0.1, 0.15) is 35.4 Å². The molecule has 1 atom stereocenters. The Hall–Kier alpha value is -1.76. The zero-order chi connectivity index (χ0) is 13.8. The molecule has 0 aromatic carbocycles. The molecular formula is C12H15N3O3S. The van der Waals surface area contributed by atoms with Crippen molar-refractivity contribution in [2.24, 2.45) is 0 Å². The fourth-order valence-electron chi connectivity index (χ4n) is 1.55. The van der Waals surface area contributed by atoms with E-state index in [0.717, 1.165) is 11.7 Å². The summed E-state index contributed by atoms with van der Waals surface area (Å²) in [6, 6.07) is 3.39. The highest BCUT2D eigenvalue weighted by Crippen LogP contribution is 2.34. The van der Waals surface area contributed by atoms with E-state index in [-0.39, 0.29) is 11.0 Å². The quantitative estimate of drug-likeness (QED) is 0.619. The third-order valence-corrected chi connectivity index (χ3v) is 3.73. The number of aryl methyl sites for hydroxylation is 1. The molecule has 19 heavy (non-hydrogen) atoms. The number of carbonyl (C=O) groups is 1. The number of hydrogen-bond acceptors (Lipinski definition) is 6. The SMILES string of the molecule is CCn1cnnc1S[C@H](C)c1ccc(C(=O)OC)o1. The molecule has 0 amide bonds. The van der Waals surface area contributed by atoms with Crippen molar-refractivity contribution in [3.05, 3.63) is 30.0 Å². The van der Waals surface area contributed by atoms with Gasteiger partial charge in [0.15, 0.2) is 5.16 Å². The first-order valence-electron chi connectivity index (χ1n) is 5.88. The van der Waals surface area contributed by atoms with E-state index in [4.69, 9.17) is 4.42 Å². The van der Waals surface area contributed by atoms with Crippen molar-refractivity contribution in [1.29, 1.82) is 0 Å². The summed E-state index contributed by atoms with van der Waals surface area (Å²) in [6.07, 6.45) is 1.69. The molecule has 0 aliphatic carbocycles. The van der Waals surface area contributed by atoms with E-state index >= 15 is 0 Å². The maximum absolute atomic E-state index is 11.3. The number of nitrogens with zero attached hydrogens (tertiary/aromatic N) is 3. The van der Waals surface area contributed by atoms with Crippen molar-refractivity contribution in [3.63, 3.8) is 0 Å². The van der Waals surface area contributed by atoms with Crippen LogP contribution in [0.2, 0.25) is 0 Å². The predicted molar refractivity (Wildman–Crippen MR) is 70.0 cm³/mol. The van der Waals surface area contributed by atoms with E-state index in [1.165, 1.54) is 18.9 Å². The Morgan fingerprint density at radius 1 is 1.58 bits per heavy atom. The number of ether oxygens (including phenoxy) is 1. The van der Waals surface area contributed by atoms with Gasteiger partial charge in [-0.2, -0.15) is 0 Å². The van der Waals surface area contributed by atoms with Crippen LogP contribution in [0, 0.1) is 0 Å². The largest absolute Gasteiger partial charge is 0.463 e. The molecule has 0 aliphatic heterocycles. The smallest absolute Gasteiger partial charge is 0.373 e. The fraction of sp³-hybridized carbons (Fsp3) is 0.417. The molecule has 0 saturated heterocycles. The highest BCUT2D eigenvalue weighted by molar-refractivity contribution is 7.99. The van der Waals surface area contributed by atoms with Crippen molar-refractivity contribution in [3.8, 4) is 0 Å². The molecule has 6 nitrogen and oxygen atoms in total. The molecule has 2 heterocycles. The third-order valence-electron chi connectivity index (χ3n) is 2.62. The predicted octanol–water partition coefficient (Wildman–Crippen LogP) is 2.53. The lowest BCUT2D eigenvalue weighted by Crippen LogP contribution is -1.99. The first-order valence-corrected chi connectivity index (χ1v) is 6.76. The van der Waals surface area contributed by atoms with Crippen molar-refractivity contribution in [2.75, 3.05) is 7.11 Å². The number of hydrogen-bond donors (Lipinski definition) is 0. The number of rotatable bonds is 5. The van der Waals surface area contributed by atoms with Crippen LogP contribution in [0.5, 0.6) is 0 Å². The molecular weight excluding hydrogens is 266 g/mol. The number of methoxy groups -OCH3 is 1. The average molecular weight is 281 g/mol. The van der Waals surface area contributed by atoms with Crippen LogP contribution in [-0.2, 0) is 11.3 Å². The van der Waals surface area contributed by atoms with E-state index in [1.54, 1.807) is 18.5 Å². The molecule has 102 valence electrons. The van der Waals surface area contributed by atoms with Crippen molar-refractivity contribution < 1.29 is 13.9 Å². The van der Waals surface area contributed by atoms with Gasteiger partial charge in [-0.05, 0) is 26.0 Å². The normalized spacial score (nSPS) is 12.4. The van der Waals surface area contributed by atoms with Crippen LogP contribution >= 0.6 is 11.8 Å². The molecule has 0 bridgehead atoms. The standard InChI is InChI=1S/C12H15N3O3S/c1-4-15-7-13-14-12(15)19-8(2)9-5-6-10(18-9)11(16)17-3/h5-8H,4H2,1-3H3/t8-/m1/s1. The summed E-state index contributed by atoms with van der Waals surface area (Å²) in [6.45, 7) is 4.83. The van der Waals surface area contributed by atoms with E-state index in [9.17, 15) is 4.79 Å². The average Bonchev–Trinajstić information content (AvgIpc) is 3.06. The van der Waals surface area contributed by atoms with E-state index < -0.39 is 5.97 Å². The van der Waals surface area contributed by atoms with Gasteiger partial charge in [0.25, 0.3) is 0 Å². The van der Waals surface area contributed by atoms with Crippen LogP contribution in [-0.4, -0.2) is 27.8 Å². The first kappa shape index (κ1) is 13.7. The van der Waals surface area contributed by atoms with Gasteiger partial charge in [-0.1, -0.05) is 11.8 Å². The summed E-state index contributed by atoms with van der Waals surface area (Å²) >= 11 is 1.53. The highest BCUT2D eigenvalue weighted by Gasteiger charge is 2.18. The summed E-state index contributed by atoms with van der Waals surface area (Å²) < 4.78 is 12.0. The Morgan fingerprint density at radius 2 is 2.37 bits per heavy atom. The van der Waals surface area contributed by atoms with Crippen LogP contribution in [0.4, 0.5) is 0 Å². The monoisotopic (exact) mass is 281 g/mol. The molecule has 0 aliphatic rings. The summed E-state index contributed by atoms with van der Waals surface area (Å²) in [4.78, 5) is 11.3. The molecule has 0 N–H and O–H groups in total. The third kappa shape index (κ3) is 2.98. The van der Waals surface area contributed by atoms with Gasteiger partial charge in [-0.3, -0.25) is 0 Å². The van der Waals surface area contributed by atoms with Crippen molar-refractivity contribution in [2.45, 2.75) is 30.8 Å². The van der Waals surface area contributed by atoms with Crippen LogP contribution in [0.3, 0.4) is 0 Å². The summed E-state index contributed by atoms with van der Waals surface area (Å²) in [5.41, 5.74) is 0. The molecule has 7 heteroatoms. The topological polar surface area (TPSA) is 70.2 Å². The van der Waals surface area contributed by atoms with Gasteiger partial charge in [0.05, 0.1) is 12.4 Å². The van der Waals surface area contributed by atoms with Crippen molar-refractivity contribution >= 4 is 17.7 Å². The molecule has 0 radical (unpaired) electrons. The van der Waals surface area contributed by atoms with E-state index in [2.05, 4.69) is 14.9 Å².